The normalized spacial score (nSPS) is 10.6. The van der Waals surface area contributed by atoms with Crippen molar-refractivity contribution >= 4 is 44.8 Å². The highest BCUT2D eigenvalue weighted by molar-refractivity contribution is 9.10. The monoisotopic (exact) mass is 365 g/mol. The van der Waals surface area contributed by atoms with Crippen LogP contribution in [-0.4, -0.2) is 0 Å². The third-order valence-electron chi connectivity index (χ3n) is 2.47. The van der Waals surface area contributed by atoms with Gasteiger partial charge in [0, 0.05) is 22.1 Å². The van der Waals surface area contributed by atoms with Gasteiger partial charge in [-0.1, -0.05) is 39.1 Å². The average molecular weight is 367 g/mol. The Kier molecular flexibility index (Phi) is 4.66. The fraction of sp³-hybridized carbons (Fsp3) is 0.0769. The van der Waals surface area contributed by atoms with E-state index in [4.69, 9.17) is 23.2 Å². The van der Waals surface area contributed by atoms with Gasteiger partial charge in [0.05, 0.1) is 10.7 Å². The number of nitrogens with one attached hydrogen (secondary N) is 1. The number of halogens is 5. The summed E-state index contributed by atoms with van der Waals surface area (Å²) in [5.74, 6) is -1.44. The molecule has 0 bridgehead atoms. The number of anilines is 1. The summed E-state index contributed by atoms with van der Waals surface area (Å²) < 4.78 is 27.3. The molecule has 2 rings (SSSR count). The van der Waals surface area contributed by atoms with Crippen molar-refractivity contribution in [3.63, 3.8) is 0 Å². The summed E-state index contributed by atoms with van der Waals surface area (Å²) in [6.45, 7) is 0.309. The standard InChI is InChI=1S/C13H8BrCl2F2N/c14-10-2-1-8(15)3-7(10)6-19-13-11(16)4-9(17)5-12(13)18/h1-5,19H,6H2. The Bertz CT molecular complexity index is 597. The van der Waals surface area contributed by atoms with Crippen molar-refractivity contribution in [1.82, 2.24) is 0 Å². The molecule has 0 aromatic heterocycles. The molecule has 19 heavy (non-hydrogen) atoms. The summed E-state index contributed by atoms with van der Waals surface area (Å²) >= 11 is 15.0. The van der Waals surface area contributed by atoms with Crippen molar-refractivity contribution in [2.45, 2.75) is 6.54 Å². The summed E-state index contributed by atoms with van der Waals surface area (Å²) in [5, 5.41) is 3.40. The van der Waals surface area contributed by atoms with Gasteiger partial charge < -0.3 is 5.32 Å². The smallest absolute Gasteiger partial charge is 0.150 e. The predicted octanol–water partition coefficient (Wildman–Crippen LogP) is 5.65. The van der Waals surface area contributed by atoms with E-state index in [0.29, 0.717) is 11.6 Å². The van der Waals surface area contributed by atoms with Gasteiger partial charge in [0.1, 0.15) is 5.82 Å². The van der Waals surface area contributed by atoms with E-state index < -0.39 is 11.6 Å². The van der Waals surface area contributed by atoms with E-state index >= 15 is 0 Å². The minimum absolute atomic E-state index is 0.00403. The van der Waals surface area contributed by atoms with E-state index in [1.54, 1.807) is 18.2 Å². The van der Waals surface area contributed by atoms with Crippen LogP contribution >= 0.6 is 39.1 Å². The first-order chi connectivity index (χ1) is 8.97. The van der Waals surface area contributed by atoms with E-state index in [1.807, 2.05) is 0 Å². The van der Waals surface area contributed by atoms with Crippen molar-refractivity contribution < 1.29 is 8.78 Å². The van der Waals surface area contributed by atoms with E-state index in [9.17, 15) is 8.78 Å². The maximum Gasteiger partial charge on any atom is 0.150 e. The van der Waals surface area contributed by atoms with Crippen LogP contribution in [-0.2, 0) is 6.54 Å². The molecule has 0 unspecified atom stereocenters. The van der Waals surface area contributed by atoms with Gasteiger partial charge in [-0.05, 0) is 29.8 Å². The van der Waals surface area contributed by atoms with Crippen LogP contribution in [0, 0.1) is 11.6 Å². The molecule has 0 aliphatic carbocycles. The Balaban J connectivity index is 2.21. The molecule has 0 atom stereocenters. The molecule has 0 radical (unpaired) electrons. The van der Waals surface area contributed by atoms with Crippen LogP contribution in [0.25, 0.3) is 0 Å². The maximum atomic E-state index is 13.6. The quantitative estimate of drug-likeness (QED) is 0.740. The third kappa shape index (κ3) is 3.59. The van der Waals surface area contributed by atoms with Gasteiger partial charge in [-0.15, -0.1) is 0 Å². The highest BCUT2D eigenvalue weighted by atomic mass is 79.9. The van der Waals surface area contributed by atoms with Crippen LogP contribution in [0.15, 0.2) is 34.8 Å². The topological polar surface area (TPSA) is 12.0 Å². The van der Waals surface area contributed by atoms with Crippen LogP contribution in [0.1, 0.15) is 5.56 Å². The predicted molar refractivity (Wildman–Crippen MR) is 77.8 cm³/mol. The molecule has 6 heteroatoms. The summed E-state index contributed by atoms with van der Waals surface area (Å²) in [5.41, 5.74) is 0.905. The minimum Gasteiger partial charge on any atom is -0.377 e. The minimum atomic E-state index is -0.733. The van der Waals surface area contributed by atoms with Crippen molar-refractivity contribution in [2.75, 3.05) is 5.32 Å². The van der Waals surface area contributed by atoms with Gasteiger partial charge in [-0.25, -0.2) is 8.78 Å². The summed E-state index contributed by atoms with van der Waals surface area (Å²) in [4.78, 5) is 0. The Morgan fingerprint density at radius 2 is 1.84 bits per heavy atom. The lowest BCUT2D eigenvalue weighted by molar-refractivity contribution is 0.585. The van der Waals surface area contributed by atoms with Crippen LogP contribution in [0.2, 0.25) is 10.0 Å². The lowest BCUT2D eigenvalue weighted by Gasteiger charge is -2.11. The van der Waals surface area contributed by atoms with Crippen LogP contribution in [0.3, 0.4) is 0 Å². The van der Waals surface area contributed by atoms with E-state index in [1.165, 1.54) is 0 Å². The number of hydrogen-bond acceptors (Lipinski definition) is 1. The lowest BCUT2D eigenvalue weighted by atomic mass is 10.2. The zero-order chi connectivity index (χ0) is 14.0. The molecule has 0 fully saturated rings. The zero-order valence-corrected chi connectivity index (χ0v) is 12.6. The Morgan fingerprint density at radius 1 is 1.11 bits per heavy atom. The second-order valence-corrected chi connectivity index (χ2v) is 5.53. The number of rotatable bonds is 3. The van der Waals surface area contributed by atoms with Crippen LogP contribution < -0.4 is 5.32 Å². The highest BCUT2D eigenvalue weighted by Gasteiger charge is 2.10. The maximum absolute atomic E-state index is 13.6. The molecule has 2 aromatic rings. The summed E-state index contributed by atoms with van der Waals surface area (Å²) in [6, 6.07) is 7.11. The molecule has 0 amide bonds. The molecule has 2 aromatic carbocycles. The summed E-state index contributed by atoms with van der Waals surface area (Å²) in [6.07, 6.45) is 0. The molecule has 100 valence electrons. The SMILES string of the molecule is Fc1cc(F)c(NCc2cc(Cl)ccc2Br)c(Cl)c1. The Hall–Kier alpha value is -0.840. The van der Waals surface area contributed by atoms with Gasteiger partial charge in [0.2, 0.25) is 0 Å². The fourth-order valence-electron chi connectivity index (χ4n) is 1.57. The van der Waals surface area contributed by atoms with Crippen LogP contribution in [0.4, 0.5) is 14.5 Å². The fourth-order valence-corrected chi connectivity index (χ4v) is 2.42. The molecule has 0 aliphatic rings. The lowest BCUT2D eigenvalue weighted by Crippen LogP contribution is -2.03. The first-order valence-corrected chi connectivity index (χ1v) is 6.84. The molecule has 0 aliphatic heterocycles. The van der Waals surface area contributed by atoms with Crippen molar-refractivity contribution in [3.05, 3.63) is 62.0 Å². The molecule has 0 heterocycles. The van der Waals surface area contributed by atoms with E-state index in [-0.39, 0.29) is 10.7 Å². The van der Waals surface area contributed by atoms with Crippen LogP contribution in [0.5, 0.6) is 0 Å². The molecule has 1 nitrogen and oxygen atoms in total. The molecule has 0 spiro atoms. The second kappa shape index (κ2) is 6.07. The van der Waals surface area contributed by atoms with Crippen molar-refractivity contribution in [2.24, 2.45) is 0 Å². The van der Waals surface area contributed by atoms with E-state index in [0.717, 1.165) is 22.2 Å². The Morgan fingerprint density at radius 3 is 2.53 bits per heavy atom. The molecular weight excluding hydrogens is 359 g/mol. The van der Waals surface area contributed by atoms with E-state index in [2.05, 4.69) is 21.2 Å². The molecule has 0 saturated carbocycles. The number of benzene rings is 2. The zero-order valence-electron chi connectivity index (χ0n) is 9.48. The summed E-state index contributed by atoms with van der Waals surface area (Å²) in [7, 11) is 0. The molecule has 1 N–H and O–H groups in total. The van der Waals surface area contributed by atoms with Crippen molar-refractivity contribution in [1.29, 1.82) is 0 Å². The molecular formula is C13H8BrCl2F2N. The van der Waals surface area contributed by atoms with Gasteiger partial charge in [-0.3, -0.25) is 0 Å². The first-order valence-electron chi connectivity index (χ1n) is 5.29. The third-order valence-corrected chi connectivity index (χ3v) is 3.78. The largest absolute Gasteiger partial charge is 0.377 e. The first kappa shape index (κ1) is 14.6. The molecule has 0 saturated heterocycles. The van der Waals surface area contributed by atoms with Gasteiger partial charge in [0.25, 0.3) is 0 Å². The highest BCUT2D eigenvalue weighted by Crippen LogP contribution is 2.28. The number of hydrogen-bond donors (Lipinski definition) is 1. The Labute approximate surface area is 127 Å². The van der Waals surface area contributed by atoms with Crippen molar-refractivity contribution in [3.8, 4) is 0 Å². The average Bonchev–Trinajstić information content (AvgIpc) is 2.32. The second-order valence-electron chi connectivity index (χ2n) is 3.83. The van der Waals surface area contributed by atoms with Gasteiger partial charge in [-0.2, -0.15) is 0 Å². The van der Waals surface area contributed by atoms with Gasteiger partial charge in [0.15, 0.2) is 5.82 Å². The van der Waals surface area contributed by atoms with Gasteiger partial charge >= 0.3 is 0 Å².